The Morgan fingerprint density at radius 3 is 2.70 bits per heavy atom. The van der Waals surface area contributed by atoms with Gasteiger partial charge in [-0.2, -0.15) is 0 Å². The highest BCUT2D eigenvalue weighted by atomic mass is 16.6. The fourth-order valence-corrected chi connectivity index (χ4v) is 3.51. The van der Waals surface area contributed by atoms with Gasteiger partial charge in [0.25, 0.3) is 0 Å². The predicted molar refractivity (Wildman–Crippen MR) is 105 cm³/mol. The van der Waals surface area contributed by atoms with Crippen LogP contribution in [0.2, 0.25) is 0 Å². The summed E-state index contributed by atoms with van der Waals surface area (Å²) in [7, 11) is 2.02. The van der Waals surface area contributed by atoms with Crippen LogP contribution in [0.5, 0.6) is 11.5 Å². The molecule has 2 heterocycles. The first kappa shape index (κ1) is 17.6. The lowest BCUT2D eigenvalue weighted by molar-refractivity contribution is 0.0639. The minimum Gasteiger partial charge on any atom is -0.486 e. The summed E-state index contributed by atoms with van der Waals surface area (Å²) in [4.78, 5) is 14.2. The van der Waals surface area contributed by atoms with Crippen molar-refractivity contribution in [3.05, 3.63) is 69.6 Å². The Morgan fingerprint density at radius 1 is 1.11 bits per heavy atom. The molecule has 1 aromatic heterocycles. The van der Waals surface area contributed by atoms with E-state index >= 15 is 0 Å². The minimum absolute atomic E-state index is 0.0553. The normalized spacial score (nSPS) is 16.1. The number of para-hydroxylation sites is 2. The third kappa shape index (κ3) is 3.55. The van der Waals surface area contributed by atoms with Gasteiger partial charge in [-0.05, 0) is 49.7 Å². The van der Waals surface area contributed by atoms with Crippen LogP contribution >= 0.6 is 0 Å². The zero-order chi connectivity index (χ0) is 19.0. The largest absolute Gasteiger partial charge is 0.486 e. The standard InChI is InChI=1S/C22H23NO4/c1-14-8-9-18-16(10-21(24)27-22(18)15(14)2)11-23(3)12-17-13-25-19-6-4-5-7-20(19)26-17/h4-10,17H,11-13H2,1-3H3. The van der Waals surface area contributed by atoms with Gasteiger partial charge in [-0.25, -0.2) is 4.79 Å². The molecule has 140 valence electrons. The number of fused-ring (bicyclic) bond motifs is 2. The number of ether oxygens (including phenoxy) is 2. The van der Waals surface area contributed by atoms with Crippen molar-refractivity contribution < 1.29 is 13.9 Å². The van der Waals surface area contributed by atoms with Crippen LogP contribution in [0.15, 0.2) is 51.7 Å². The molecule has 1 aliphatic heterocycles. The van der Waals surface area contributed by atoms with Gasteiger partial charge >= 0.3 is 5.63 Å². The van der Waals surface area contributed by atoms with Crippen LogP contribution < -0.4 is 15.1 Å². The van der Waals surface area contributed by atoms with Gasteiger partial charge in [0, 0.05) is 24.5 Å². The summed E-state index contributed by atoms with van der Waals surface area (Å²) in [5, 5.41) is 0.982. The number of likely N-dealkylation sites (N-methyl/N-ethyl adjacent to an activating group) is 1. The number of hydrogen-bond donors (Lipinski definition) is 0. The molecule has 0 amide bonds. The second kappa shape index (κ2) is 7.08. The summed E-state index contributed by atoms with van der Waals surface area (Å²) in [6.45, 7) is 5.84. The summed E-state index contributed by atoms with van der Waals surface area (Å²) < 4.78 is 17.3. The van der Waals surface area contributed by atoms with Crippen LogP contribution in [0.25, 0.3) is 11.0 Å². The maximum atomic E-state index is 12.0. The topological polar surface area (TPSA) is 51.9 Å². The summed E-state index contributed by atoms with van der Waals surface area (Å²) in [6, 6.07) is 13.4. The number of nitrogens with zero attached hydrogens (tertiary/aromatic N) is 1. The monoisotopic (exact) mass is 365 g/mol. The first-order valence-corrected chi connectivity index (χ1v) is 9.11. The van der Waals surface area contributed by atoms with Gasteiger partial charge in [0.15, 0.2) is 11.5 Å². The number of rotatable bonds is 4. The number of benzene rings is 2. The van der Waals surface area contributed by atoms with E-state index in [0.29, 0.717) is 25.3 Å². The van der Waals surface area contributed by atoms with Crippen molar-refractivity contribution >= 4 is 11.0 Å². The van der Waals surface area contributed by atoms with Crippen molar-refractivity contribution in [3.63, 3.8) is 0 Å². The van der Waals surface area contributed by atoms with Crippen LogP contribution in [0, 0.1) is 13.8 Å². The average molecular weight is 365 g/mol. The van der Waals surface area contributed by atoms with E-state index in [1.165, 1.54) is 0 Å². The molecule has 0 spiro atoms. The fraction of sp³-hybridized carbons (Fsp3) is 0.318. The van der Waals surface area contributed by atoms with E-state index < -0.39 is 0 Å². The SMILES string of the molecule is Cc1ccc2c(CN(C)CC3COc4ccccc4O3)cc(=O)oc2c1C. The molecule has 2 aromatic carbocycles. The van der Waals surface area contributed by atoms with Crippen molar-refractivity contribution in [1.82, 2.24) is 4.90 Å². The highest BCUT2D eigenvalue weighted by molar-refractivity contribution is 5.83. The summed E-state index contributed by atoms with van der Waals surface area (Å²) in [6.07, 6.45) is -0.0553. The van der Waals surface area contributed by atoms with Crippen LogP contribution in [-0.4, -0.2) is 31.2 Å². The predicted octanol–water partition coefficient (Wildman–Crippen LogP) is 3.68. The van der Waals surface area contributed by atoms with E-state index in [2.05, 4.69) is 11.0 Å². The third-order valence-corrected chi connectivity index (χ3v) is 5.04. The second-order valence-corrected chi connectivity index (χ2v) is 7.17. The number of hydrogen-bond acceptors (Lipinski definition) is 5. The van der Waals surface area contributed by atoms with E-state index in [1.807, 2.05) is 51.2 Å². The Hall–Kier alpha value is -2.79. The lowest BCUT2D eigenvalue weighted by Gasteiger charge is -2.29. The first-order valence-electron chi connectivity index (χ1n) is 9.11. The van der Waals surface area contributed by atoms with Gasteiger partial charge in [-0.1, -0.05) is 24.3 Å². The van der Waals surface area contributed by atoms with Gasteiger partial charge in [0.05, 0.1) is 0 Å². The molecular weight excluding hydrogens is 342 g/mol. The molecule has 0 N–H and O–H groups in total. The van der Waals surface area contributed by atoms with E-state index in [4.69, 9.17) is 13.9 Å². The van der Waals surface area contributed by atoms with Crippen molar-refractivity contribution in [2.24, 2.45) is 0 Å². The molecule has 27 heavy (non-hydrogen) atoms. The molecule has 1 unspecified atom stereocenters. The quantitative estimate of drug-likeness (QED) is 0.660. The van der Waals surface area contributed by atoms with Crippen molar-refractivity contribution in [1.29, 1.82) is 0 Å². The molecule has 0 aliphatic carbocycles. The van der Waals surface area contributed by atoms with Gasteiger partial charge in [-0.3, -0.25) is 4.90 Å². The Labute approximate surface area is 158 Å². The molecule has 0 saturated carbocycles. The van der Waals surface area contributed by atoms with Crippen molar-refractivity contribution in [3.8, 4) is 11.5 Å². The van der Waals surface area contributed by atoms with Crippen molar-refractivity contribution in [2.75, 3.05) is 20.2 Å². The van der Waals surface area contributed by atoms with Gasteiger partial charge in [-0.15, -0.1) is 0 Å². The zero-order valence-corrected chi connectivity index (χ0v) is 15.8. The molecule has 3 aromatic rings. The minimum atomic E-state index is -0.314. The molecule has 1 atom stereocenters. The lowest BCUT2D eigenvalue weighted by Crippen LogP contribution is -2.39. The fourth-order valence-electron chi connectivity index (χ4n) is 3.51. The molecule has 0 radical (unpaired) electrons. The highest BCUT2D eigenvalue weighted by Crippen LogP contribution is 2.31. The van der Waals surface area contributed by atoms with E-state index in [-0.39, 0.29) is 11.7 Å². The third-order valence-electron chi connectivity index (χ3n) is 5.04. The Bertz CT molecular complexity index is 1040. The average Bonchev–Trinajstić information content (AvgIpc) is 2.65. The second-order valence-electron chi connectivity index (χ2n) is 7.17. The maximum absolute atomic E-state index is 12.0. The summed E-state index contributed by atoms with van der Waals surface area (Å²) in [5.41, 5.74) is 3.45. The summed E-state index contributed by atoms with van der Waals surface area (Å²) in [5.74, 6) is 1.56. The van der Waals surface area contributed by atoms with Crippen molar-refractivity contribution in [2.45, 2.75) is 26.5 Å². The molecule has 5 nitrogen and oxygen atoms in total. The molecule has 5 heteroatoms. The highest BCUT2D eigenvalue weighted by Gasteiger charge is 2.22. The van der Waals surface area contributed by atoms with Gasteiger partial charge < -0.3 is 13.9 Å². The van der Waals surface area contributed by atoms with E-state index in [1.54, 1.807) is 6.07 Å². The Kier molecular flexibility index (Phi) is 4.62. The zero-order valence-electron chi connectivity index (χ0n) is 15.8. The van der Waals surface area contributed by atoms with Gasteiger partial charge in [0.1, 0.15) is 18.3 Å². The van der Waals surface area contributed by atoms with E-state index in [9.17, 15) is 4.79 Å². The summed E-state index contributed by atoms with van der Waals surface area (Å²) >= 11 is 0. The van der Waals surface area contributed by atoms with Gasteiger partial charge in [0.2, 0.25) is 0 Å². The lowest BCUT2D eigenvalue weighted by atomic mass is 10.0. The Balaban J connectivity index is 1.53. The van der Waals surface area contributed by atoms with E-state index in [0.717, 1.165) is 33.6 Å². The number of aryl methyl sites for hydroxylation is 2. The molecule has 0 fully saturated rings. The molecule has 4 rings (SSSR count). The van der Waals surface area contributed by atoms with Crippen LogP contribution in [-0.2, 0) is 6.54 Å². The van der Waals surface area contributed by atoms with Crippen LogP contribution in [0.1, 0.15) is 16.7 Å². The molecule has 1 aliphatic rings. The van der Waals surface area contributed by atoms with Crippen LogP contribution in [0.4, 0.5) is 0 Å². The molecule has 0 bridgehead atoms. The maximum Gasteiger partial charge on any atom is 0.336 e. The molecule has 0 saturated heterocycles. The van der Waals surface area contributed by atoms with Crippen LogP contribution in [0.3, 0.4) is 0 Å². The first-order chi connectivity index (χ1) is 13.0. The Morgan fingerprint density at radius 2 is 1.89 bits per heavy atom. The smallest absolute Gasteiger partial charge is 0.336 e. The molecular formula is C22H23NO4.